The van der Waals surface area contributed by atoms with E-state index in [1.807, 2.05) is 6.92 Å². The molecule has 1 atom stereocenters. The number of esters is 2. The van der Waals surface area contributed by atoms with Gasteiger partial charge in [0.25, 0.3) is 10.0 Å². The Morgan fingerprint density at radius 2 is 1.74 bits per heavy atom. The Morgan fingerprint density at radius 1 is 1.09 bits per heavy atom. The number of nitrogens with one attached hydrogen (secondary N) is 2. The van der Waals surface area contributed by atoms with Crippen LogP contribution >= 0.6 is 11.5 Å². The van der Waals surface area contributed by atoms with E-state index < -0.39 is 33.9 Å². The van der Waals surface area contributed by atoms with Gasteiger partial charge >= 0.3 is 11.9 Å². The van der Waals surface area contributed by atoms with E-state index in [1.54, 1.807) is 32.0 Å². The number of furan rings is 1. The molecule has 2 heterocycles. The van der Waals surface area contributed by atoms with Gasteiger partial charge in [0.2, 0.25) is 0 Å². The summed E-state index contributed by atoms with van der Waals surface area (Å²) in [5.41, 5.74) is 0.448. The number of benzene rings is 1. The van der Waals surface area contributed by atoms with Crippen molar-refractivity contribution in [3.63, 3.8) is 0 Å². The lowest BCUT2D eigenvalue weighted by Gasteiger charge is -2.24. The minimum absolute atomic E-state index is 0.0191. The van der Waals surface area contributed by atoms with Gasteiger partial charge < -0.3 is 19.2 Å². The molecule has 0 aliphatic carbocycles. The first-order chi connectivity index (χ1) is 16.2. The number of carbonyl (C=O) groups is 2. The fourth-order valence-corrected chi connectivity index (χ4v) is 4.70. The molecule has 3 aromatic rings. The fraction of sp³-hybridized carbons (Fsp3) is 0.318. The van der Waals surface area contributed by atoms with Gasteiger partial charge in [0.05, 0.1) is 24.4 Å². The molecule has 0 radical (unpaired) electrons. The van der Waals surface area contributed by atoms with Crippen molar-refractivity contribution in [1.29, 1.82) is 0 Å². The summed E-state index contributed by atoms with van der Waals surface area (Å²) in [5, 5.41) is 3.07. The number of rotatable bonds is 11. The third-order valence-corrected chi connectivity index (χ3v) is 6.68. The Morgan fingerprint density at radius 3 is 2.24 bits per heavy atom. The van der Waals surface area contributed by atoms with Crippen molar-refractivity contribution in [3.8, 4) is 0 Å². The molecule has 12 heteroatoms. The van der Waals surface area contributed by atoms with Crippen LogP contribution < -0.4 is 10.0 Å². The van der Waals surface area contributed by atoms with Crippen molar-refractivity contribution in [2.45, 2.75) is 31.7 Å². The van der Waals surface area contributed by atoms with Gasteiger partial charge in [-0.2, -0.15) is 4.37 Å². The number of sulfonamides is 1. The molecule has 2 N–H and O–H groups in total. The molecule has 0 aliphatic rings. The lowest BCUT2D eigenvalue weighted by molar-refractivity contribution is -0.162. The Bertz CT molecular complexity index is 1190. The molecule has 0 saturated carbocycles. The summed E-state index contributed by atoms with van der Waals surface area (Å²) in [6.07, 6.45) is 1.42. The second kappa shape index (κ2) is 11.2. The third-order valence-electron chi connectivity index (χ3n) is 4.62. The third kappa shape index (κ3) is 6.14. The summed E-state index contributed by atoms with van der Waals surface area (Å²) in [4.78, 5) is 26.2. The van der Waals surface area contributed by atoms with Gasteiger partial charge in [0, 0.05) is 10.6 Å². The second-order valence-corrected chi connectivity index (χ2v) is 9.76. The smallest absolute Gasteiger partial charge is 0.322 e. The average Bonchev–Trinajstić information content (AvgIpc) is 3.46. The molecule has 0 amide bonds. The van der Waals surface area contributed by atoms with Crippen LogP contribution in [-0.4, -0.2) is 37.9 Å². The zero-order chi connectivity index (χ0) is 24.7. The van der Waals surface area contributed by atoms with Crippen molar-refractivity contribution in [2.75, 3.05) is 23.3 Å². The monoisotopic (exact) mass is 507 g/mol. The summed E-state index contributed by atoms with van der Waals surface area (Å²) in [5.74, 6) is -2.32. The minimum Gasteiger partial charge on any atom is -0.467 e. The van der Waals surface area contributed by atoms with Crippen LogP contribution in [0.25, 0.3) is 0 Å². The van der Waals surface area contributed by atoms with Crippen LogP contribution in [0.3, 0.4) is 0 Å². The van der Waals surface area contributed by atoms with Crippen molar-refractivity contribution in [1.82, 2.24) is 4.37 Å². The van der Waals surface area contributed by atoms with Crippen LogP contribution in [0.15, 0.2) is 58.0 Å². The molecule has 0 bridgehead atoms. The van der Waals surface area contributed by atoms with Crippen LogP contribution in [0.2, 0.25) is 0 Å². The largest absolute Gasteiger partial charge is 0.467 e. The topological polar surface area (TPSA) is 137 Å². The normalized spacial score (nSPS) is 12.2. The van der Waals surface area contributed by atoms with E-state index in [9.17, 15) is 18.0 Å². The van der Waals surface area contributed by atoms with Crippen LogP contribution in [-0.2, 0) is 29.1 Å². The van der Waals surface area contributed by atoms with Crippen LogP contribution in [0.4, 0.5) is 11.5 Å². The highest BCUT2D eigenvalue weighted by Gasteiger charge is 2.40. The SMILES string of the molecule is CCOC(=O)C(C(=O)OCC)[C@H](Nc1ccc(S(=O)(=O)Nc2cc(C)sn2)cc1)c1ccco1. The van der Waals surface area contributed by atoms with Crippen LogP contribution in [0, 0.1) is 12.8 Å². The van der Waals surface area contributed by atoms with Crippen molar-refractivity contribution in [2.24, 2.45) is 5.92 Å². The van der Waals surface area contributed by atoms with Gasteiger partial charge in [0.1, 0.15) is 11.8 Å². The molecule has 34 heavy (non-hydrogen) atoms. The van der Waals surface area contributed by atoms with Crippen LogP contribution in [0.1, 0.15) is 30.5 Å². The van der Waals surface area contributed by atoms with Gasteiger partial charge in [-0.25, -0.2) is 8.42 Å². The average molecular weight is 508 g/mol. The molecule has 0 saturated heterocycles. The summed E-state index contributed by atoms with van der Waals surface area (Å²) in [6.45, 7) is 5.26. The number of nitrogens with zero attached hydrogens (tertiary/aromatic N) is 1. The zero-order valence-corrected chi connectivity index (χ0v) is 20.4. The van der Waals surface area contributed by atoms with E-state index in [0.717, 1.165) is 4.88 Å². The molecule has 0 aliphatic heterocycles. The molecule has 1 aromatic carbocycles. The van der Waals surface area contributed by atoms with E-state index in [0.29, 0.717) is 11.4 Å². The van der Waals surface area contributed by atoms with Gasteiger partial charge in [0.15, 0.2) is 11.7 Å². The fourth-order valence-electron chi connectivity index (χ4n) is 3.14. The quantitative estimate of drug-likeness (QED) is 0.294. The molecule has 0 fully saturated rings. The molecular weight excluding hydrogens is 482 g/mol. The predicted molar refractivity (Wildman–Crippen MR) is 126 cm³/mol. The highest BCUT2D eigenvalue weighted by atomic mass is 32.2. The second-order valence-electron chi connectivity index (χ2n) is 7.07. The number of hydrogen-bond acceptors (Lipinski definition) is 10. The van der Waals surface area contributed by atoms with Crippen molar-refractivity contribution >= 4 is 45.0 Å². The number of carbonyl (C=O) groups excluding carboxylic acids is 2. The summed E-state index contributed by atoms with van der Waals surface area (Å²) in [7, 11) is -3.85. The minimum atomic E-state index is -3.85. The van der Waals surface area contributed by atoms with Gasteiger partial charge in [-0.1, -0.05) is 0 Å². The predicted octanol–water partition coefficient (Wildman–Crippen LogP) is 3.74. The Labute approximate surface area is 201 Å². The van der Waals surface area contributed by atoms with Crippen molar-refractivity contribution in [3.05, 3.63) is 59.4 Å². The molecular formula is C22H25N3O7S2. The molecule has 2 aromatic heterocycles. The van der Waals surface area contributed by atoms with E-state index in [-0.39, 0.29) is 23.9 Å². The molecule has 0 unspecified atom stereocenters. The summed E-state index contributed by atoms with van der Waals surface area (Å²) in [6, 6.07) is 9.75. The molecule has 10 nitrogen and oxygen atoms in total. The standard InChI is InChI=1S/C22H25N3O7S2/c1-4-30-21(26)19(22(27)31-5-2)20(17-7-6-12-32-17)23-15-8-10-16(11-9-15)34(28,29)25-18-13-14(3)33-24-18/h6-13,19-20,23H,4-5H2,1-3H3,(H,24,25)/t20-/m1/s1. The Kier molecular flexibility index (Phi) is 8.29. The van der Waals surface area contributed by atoms with Gasteiger partial charge in [-0.15, -0.1) is 0 Å². The van der Waals surface area contributed by atoms with Crippen LogP contribution in [0.5, 0.6) is 0 Å². The summed E-state index contributed by atoms with van der Waals surface area (Å²) < 4.78 is 47.4. The highest BCUT2D eigenvalue weighted by molar-refractivity contribution is 7.92. The number of hydrogen-bond donors (Lipinski definition) is 2. The first kappa shape index (κ1) is 25.2. The zero-order valence-electron chi connectivity index (χ0n) is 18.8. The van der Waals surface area contributed by atoms with Gasteiger partial charge in [-0.05, 0) is 74.8 Å². The highest BCUT2D eigenvalue weighted by Crippen LogP contribution is 2.30. The number of anilines is 2. The maximum Gasteiger partial charge on any atom is 0.322 e. The molecule has 3 rings (SSSR count). The summed E-state index contributed by atoms with van der Waals surface area (Å²) >= 11 is 1.19. The van der Waals surface area contributed by atoms with Crippen molar-refractivity contribution < 1.29 is 31.9 Å². The maximum atomic E-state index is 12.7. The first-order valence-corrected chi connectivity index (χ1v) is 12.7. The molecule has 182 valence electrons. The molecule has 0 spiro atoms. The lowest BCUT2D eigenvalue weighted by Crippen LogP contribution is -2.36. The van der Waals surface area contributed by atoms with E-state index in [2.05, 4.69) is 14.4 Å². The number of ether oxygens (including phenoxy) is 2. The van der Waals surface area contributed by atoms with E-state index in [1.165, 1.54) is 42.1 Å². The first-order valence-electron chi connectivity index (χ1n) is 10.4. The lowest BCUT2D eigenvalue weighted by atomic mass is 9.97. The van der Waals surface area contributed by atoms with E-state index in [4.69, 9.17) is 13.9 Å². The Hall–Kier alpha value is -3.38. The Balaban J connectivity index is 1.86. The van der Waals surface area contributed by atoms with Gasteiger partial charge in [-0.3, -0.25) is 14.3 Å². The van der Waals surface area contributed by atoms with E-state index >= 15 is 0 Å². The number of aryl methyl sites for hydroxylation is 1. The maximum absolute atomic E-state index is 12.7. The number of aromatic nitrogens is 1.